The van der Waals surface area contributed by atoms with Crippen LogP contribution in [0.1, 0.15) is 21.6 Å². The van der Waals surface area contributed by atoms with Crippen LogP contribution in [0.3, 0.4) is 0 Å². The quantitative estimate of drug-likeness (QED) is 0.571. The van der Waals surface area contributed by atoms with E-state index in [4.69, 9.17) is 17.3 Å². The van der Waals surface area contributed by atoms with Gasteiger partial charge in [-0.2, -0.15) is 0 Å². The van der Waals surface area contributed by atoms with E-state index in [2.05, 4.69) is 10.1 Å². The van der Waals surface area contributed by atoms with Crippen LogP contribution in [0.15, 0.2) is 65.5 Å². The van der Waals surface area contributed by atoms with E-state index in [9.17, 15) is 9.59 Å². The molecule has 7 heteroatoms. The van der Waals surface area contributed by atoms with Crippen LogP contribution in [0, 0.1) is 0 Å². The van der Waals surface area contributed by atoms with Gasteiger partial charge in [0.15, 0.2) is 5.65 Å². The number of hydrogen-bond donors (Lipinski definition) is 2. The molecule has 2 aromatic heterocycles. The molecule has 0 aliphatic heterocycles. The van der Waals surface area contributed by atoms with E-state index in [1.54, 1.807) is 24.3 Å². The van der Waals surface area contributed by atoms with Crippen molar-refractivity contribution >= 4 is 23.2 Å². The van der Waals surface area contributed by atoms with Crippen LogP contribution < -0.4 is 11.3 Å². The van der Waals surface area contributed by atoms with Crippen LogP contribution in [0.5, 0.6) is 0 Å². The predicted molar refractivity (Wildman–Crippen MR) is 104 cm³/mol. The van der Waals surface area contributed by atoms with Gasteiger partial charge in [-0.25, -0.2) is 9.50 Å². The lowest BCUT2D eigenvalue weighted by Gasteiger charge is -2.02. The second-order valence-electron chi connectivity index (χ2n) is 6.14. The summed E-state index contributed by atoms with van der Waals surface area (Å²) in [5, 5.41) is 3.55. The van der Waals surface area contributed by atoms with Crippen molar-refractivity contribution in [3.8, 4) is 11.3 Å². The molecule has 0 spiro atoms. The number of nitrogens with one attached hydrogen (secondary N) is 1. The molecule has 4 rings (SSSR count). The first-order valence-corrected chi connectivity index (χ1v) is 8.65. The highest BCUT2D eigenvalue weighted by atomic mass is 35.5. The van der Waals surface area contributed by atoms with E-state index >= 15 is 0 Å². The zero-order chi connectivity index (χ0) is 19.0. The zero-order valence-electron chi connectivity index (χ0n) is 14.1. The molecule has 134 valence electrons. The molecular weight excluding hydrogens is 364 g/mol. The van der Waals surface area contributed by atoms with Gasteiger partial charge < -0.3 is 5.73 Å². The Morgan fingerprint density at radius 3 is 2.48 bits per heavy atom. The standard InChI is InChI=1S/C20H15ClN4O2/c21-14-8-6-13(7-9-14)15-11-17(26)25-20(23-15)18(19(22)27)16(24-25)10-12-4-2-1-3-5-12/h1-9,11,24H,10H2,(H2,22,27). The number of halogens is 1. The number of primary amides is 1. The second kappa shape index (κ2) is 6.74. The Morgan fingerprint density at radius 1 is 1.11 bits per heavy atom. The minimum Gasteiger partial charge on any atom is -0.365 e. The number of H-pyrrole nitrogens is 1. The molecule has 0 radical (unpaired) electrons. The maximum Gasteiger partial charge on any atom is 0.273 e. The fraction of sp³-hybridized carbons (Fsp3) is 0.0500. The monoisotopic (exact) mass is 378 g/mol. The molecule has 0 aliphatic rings. The molecule has 3 N–H and O–H groups in total. The lowest BCUT2D eigenvalue weighted by atomic mass is 10.1. The summed E-state index contributed by atoms with van der Waals surface area (Å²) in [4.78, 5) is 29.2. The smallest absolute Gasteiger partial charge is 0.273 e. The highest BCUT2D eigenvalue weighted by molar-refractivity contribution is 6.30. The zero-order valence-corrected chi connectivity index (χ0v) is 14.9. The van der Waals surface area contributed by atoms with Crippen LogP contribution in [-0.2, 0) is 6.42 Å². The third kappa shape index (κ3) is 3.22. The van der Waals surface area contributed by atoms with Crippen molar-refractivity contribution in [3.63, 3.8) is 0 Å². The van der Waals surface area contributed by atoms with E-state index in [0.717, 1.165) is 11.1 Å². The Hall–Kier alpha value is -3.38. The van der Waals surface area contributed by atoms with Crippen molar-refractivity contribution in [3.05, 3.63) is 92.9 Å². The summed E-state index contributed by atoms with van der Waals surface area (Å²) in [6.07, 6.45) is 0.429. The molecule has 0 fully saturated rings. The normalized spacial score (nSPS) is 11.0. The van der Waals surface area contributed by atoms with Gasteiger partial charge in [0.25, 0.3) is 11.5 Å². The lowest BCUT2D eigenvalue weighted by Crippen LogP contribution is -2.16. The number of fused-ring (bicyclic) bond motifs is 1. The molecule has 0 saturated carbocycles. The van der Waals surface area contributed by atoms with Crippen molar-refractivity contribution in [1.29, 1.82) is 0 Å². The number of nitrogens with zero attached hydrogens (tertiary/aromatic N) is 2. The van der Waals surface area contributed by atoms with E-state index in [-0.39, 0.29) is 16.8 Å². The first-order chi connectivity index (χ1) is 13.0. The van der Waals surface area contributed by atoms with Crippen LogP contribution in [0.25, 0.3) is 16.9 Å². The average molecular weight is 379 g/mol. The van der Waals surface area contributed by atoms with Crippen LogP contribution in [-0.4, -0.2) is 20.5 Å². The summed E-state index contributed by atoms with van der Waals surface area (Å²) in [5.74, 6) is -0.639. The molecule has 0 aliphatic carbocycles. The summed E-state index contributed by atoms with van der Waals surface area (Å²) in [6, 6.07) is 18.0. The molecule has 0 saturated heterocycles. The highest BCUT2D eigenvalue weighted by Gasteiger charge is 2.20. The van der Waals surface area contributed by atoms with Gasteiger partial charge in [0.05, 0.1) is 11.4 Å². The Kier molecular flexibility index (Phi) is 4.25. The van der Waals surface area contributed by atoms with Crippen molar-refractivity contribution in [2.75, 3.05) is 0 Å². The lowest BCUT2D eigenvalue weighted by molar-refractivity contribution is 0.100. The Balaban J connectivity index is 1.90. The topological polar surface area (TPSA) is 93.3 Å². The summed E-state index contributed by atoms with van der Waals surface area (Å²) in [6.45, 7) is 0. The SMILES string of the molecule is NC(=O)c1c(Cc2ccccc2)[nH]n2c(=O)cc(-c3ccc(Cl)cc3)nc12. The van der Waals surface area contributed by atoms with E-state index < -0.39 is 5.91 Å². The third-order valence-corrected chi connectivity index (χ3v) is 4.55. The Labute approximate surface area is 159 Å². The van der Waals surface area contributed by atoms with Gasteiger partial charge in [-0.3, -0.25) is 14.7 Å². The molecule has 0 atom stereocenters. The minimum atomic E-state index is -0.639. The first kappa shape index (κ1) is 17.1. The largest absolute Gasteiger partial charge is 0.365 e. The molecule has 1 amide bonds. The molecule has 4 aromatic rings. The van der Waals surface area contributed by atoms with Crippen molar-refractivity contribution in [1.82, 2.24) is 14.6 Å². The maximum atomic E-state index is 12.6. The fourth-order valence-electron chi connectivity index (χ4n) is 3.04. The predicted octanol–water partition coefficient (Wildman–Crippen LogP) is 3.03. The summed E-state index contributed by atoms with van der Waals surface area (Å²) >= 11 is 5.92. The number of benzene rings is 2. The number of carbonyl (C=O) groups is 1. The molecule has 27 heavy (non-hydrogen) atoms. The number of nitrogens with two attached hydrogens (primary N) is 1. The summed E-state index contributed by atoms with van der Waals surface area (Å²) < 4.78 is 1.25. The molecule has 0 bridgehead atoms. The Bertz CT molecular complexity index is 1190. The average Bonchev–Trinajstić information content (AvgIpc) is 3.02. The van der Waals surface area contributed by atoms with Gasteiger partial charge in [-0.05, 0) is 17.7 Å². The number of aromatic nitrogens is 3. The maximum absolute atomic E-state index is 12.6. The molecular formula is C20H15ClN4O2. The van der Waals surface area contributed by atoms with Gasteiger partial charge in [-0.1, -0.05) is 54.1 Å². The van der Waals surface area contributed by atoms with E-state index in [1.165, 1.54) is 10.6 Å². The van der Waals surface area contributed by atoms with E-state index in [0.29, 0.717) is 22.8 Å². The van der Waals surface area contributed by atoms with Gasteiger partial charge in [0, 0.05) is 23.1 Å². The van der Waals surface area contributed by atoms with Crippen molar-refractivity contribution in [2.24, 2.45) is 5.73 Å². The van der Waals surface area contributed by atoms with Crippen molar-refractivity contribution in [2.45, 2.75) is 6.42 Å². The molecule has 6 nitrogen and oxygen atoms in total. The van der Waals surface area contributed by atoms with E-state index in [1.807, 2.05) is 30.3 Å². The van der Waals surface area contributed by atoms with Crippen molar-refractivity contribution < 1.29 is 4.79 Å². The second-order valence-corrected chi connectivity index (χ2v) is 6.57. The van der Waals surface area contributed by atoms with Crippen LogP contribution in [0.4, 0.5) is 0 Å². The third-order valence-electron chi connectivity index (χ3n) is 4.30. The van der Waals surface area contributed by atoms with Crippen LogP contribution >= 0.6 is 11.6 Å². The summed E-state index contributed by atoms with van der Waals surface area (Å²) in [7, 11) is 0. The molecule has 2 heterocycles. The first-order valence-electron chi connectivity index (χ1n) is 8.27. The van der Waals surface area contributed by atoms with Gasteiger partial charge in [0.2, 0.25) is 0 Å². The molecule has 0 unspecified atom stereocenters. The number of hydrogen-bond acceptors (Lipinski definition) is 3. The van der Waals surface area contributed by atoms with Gasteiger partial charge in [-0.15, -0.1) is 0 Å². The number of rotatable bonds is 4. The number of amides is 1. The van der Waals surface area contributed by atoms with Gasteiger partial charge in [0.1, 0.15) is 5.56 Å². The Morgan fingerprint density at radius 2 is 1.81 bits per heavy atom. The van der Waals surface area contributed by atoms with Crippen LogP contribution in [0.2, 0.25) is 5.02 Å². The fourth-order valence-corrected chi connectivity index (χ4v) is 3.17. The minimum absolute atomic E-state index is 0.214. The number of carbonyl (C=O) groups excluding carboxylic acids is 1. The number of aromatic amines is 1. The molecule has 2 aromatic carbocycles. The van der Waals surface area contributed by atoms with Gasteiger partial charge >= 0.3 is 0 Å². The highest BCUT2D eigenvalue weighted by Crippen LogP contribution is 2.22. The summed E-state index contributed by atoms with van der Waals surface area (Å²) in [5.41, 5.74) is 8.41.